The molecule has 0 spiro atoms. The average Bonchev–Trinajstić information content (AvgIpc) is 2.16. The van der Waals surface area contributed by atoms with Crippen molar-refractivity contribution in [2.75, 3.05) is 0 Å². The molecule has 0 unspecified atom stereocenters. The summed E-state index contributed by atoms with van der Waals surface area (Å²) in [6.07, 6.45) is -0.619. The number of para-hydroxylation sites is 1. The third-order valence-corrected chi connectivity index (χ3v) is 2.06. The van der Waals surface area contributed by atoms with E-state index >= 15 is 0 Å². The Morgan fingerprint density at radius 3 is 2.50 bits per heavy atom. The van der Waals surface area contributed by atoms with Gasteiger partial charge in [-0.1, -0.05) is 32.0 Å². The van der Waals surface area contributed by atoms with Gasteiger partial charge in [0.2, 0.25) is 0 Å². The lowest BCUT2D eigenvalue weighted by molar-refractivity contribution is -0.145. The van der Waals surface area contributed by atoms with Crippen molar-refractivity contribution in [3.05, 3.63) is 29.8 Å². The van der Waals surface area contributed by atoms with Gasteiger partial charge in [0, 0.05) is 0 Å². The van der Waals surface area contributed by atoms with E-state index in [2.05, 4.69) is 0 Å². The van der Waals surface area contributed by atoms with Crippen molar-refractivity contribution in [1.82, 2.24) is 0 Å². The van der Waals surface area contributed by atoms with Crippen LogP contribution in [-0.4, -0.2) is 17.0 Å². The van der Waals surface area contributed by atoms with Crippen LogP contribution in [-0.2, 0) is 9.59 Å². The van der Waals surface area contributed by atoms with E-state index in [-0.39, 0.29) is 5.92 Å². The molecule has 1 aromatic carbocycles. The Balaban J connectivity index is 2.80. The molecular formula is C12H14O4. The number of carbonyl (C=O) groups excluding carboxylic acids is 1. The van der Waals surface area contributed by atoms with E-state index in [1.165, 1.54) is 0 Å². The Kier molecular flexibility index (Phi) is 4.05. The first kappa shape index (κ1) is 12.2. The van der Waals surface area contributed by atoms with E-state index < -0.39 is 18.4 Å². The Hall–Kier alpha value is -1.84. The standard InChI is InChI=1S/C12H14O4/c1-8(2)9-5-3-4-6-10(9)16-12(15)7-11(13)14/h3-6,8H,7H2,1-2H3,(H,13,14). The molecule has 16 heavy (non-hydrogen) atoms. The van der Waals surface area contributed by atoms with Gasteiger partial charge in [0.1, 0.15) is 12.2 Å². The second kappa shape index (κ2) is 5.30. The van der Waals surface area contributed by atoms with Gasteiger partial charge < -0.3 is 9.84 Å². The maximum absolute atomic E-state index is 11.2. The molecule has 0 aliphatic carbocycles. The molecule has 1 rings (SSSR count). The molecule has 0 saturated carbocycles. The molecule has 0 aromatic heterocycles. The van der Waals surface area contributed by atoms with Crippen LogP contribution in [0.4, 0.5) is 0 Å². The Labute approximate surface area is 93.9 Å². The monoisotopic (exact) mass is 222 g/mol. The van der Waals surface area contributed by atoms with E-state index in [1.54, 1.807) is 12.1 Å². The van der Waals surface area contributed by atoms with Crippen LogP contribution >= 0.6 is 0 Å². The first-order chi connectivity index (χ1) is 7.50. The Morgan fingerprint density at radius 1 is 1.31 bits per heavy atom. The molecule has 0 saturated heterocycles. The van der Waals surface area contributed by atoms with Crippen molar-refractivity contribution >= 4 is 11.9 Å². The molecule has 0 radical (unpaired) electrons. The maximum atomic E-state index is 11.2. The van der Waals surface area contributed by atoms with Crippen LogP contribution in [0.25, 0.3) is 0 Å². The number of esters is 1. The summed E-state index contributed by atoms with van der Waals surface area (Å²) in [6.45, 7) is 3.95. The number of carbonyl (C=O) groups is 2. The lowest BCUT2D eigenvalue weighted by atomic mass is 10.0. The predicted molar refractivity (Wildman–Crippen MR) is 58.4 cm³/mol. The van der Waals surface area contributed by atoms with Crippen LogP contribution in [0.2, 0.25) is 0 Å². The van der Waals surface area contributed by atoms with E-state index in [4.69, 9.17) is 9.84 Å². The van der Waals surface area contributed by atoms with Gasteiger partial charge in [-0.15, -0.1) is 0 Å². The number of ether oxygens (including phenoxy) is 1. The van der Waals surface area contributed by atoms with E-state index in [0.29, 0.717) is 5.75 Å². The molecule has 0 heterocycles. The topological polar surface area (TPSA) is 63.6 Å². The second-order valence-corrected chi connectivity index (χ2v) is 3.74. The number of carboxylic acids is 1. The third kappa shape index (κ3) is 3.38. The summed E-state index contributed by atoms with van der Waals surface area (Å²) in [5, 5.41) is 8.44. The lowest BCUT2D eigenvalue weighted by Crippen LogP contribution is -2.14. The quantitative estimate of drug-likeness (QED) is 0.482. The SMILES string of the molecule is CC(C)c1ccccc1OC(=O)CC(=O)O. The number of carboxylic acid groups (broad SMARTS) is 1. The van der Waals surface area contributed by atoms with Gasteiger partial charge in [0.05, 0.1) is 0 Å². The van der Waals surface area contributed by atoms with Crippen molar-refractivity contribution in [2.45, 2.75) is 26.2 Å². The van der Waals surface area contributed by atoms with Gasteiger partial charge >= 0.3 is 11.9 Å². The molecule has 0 aliphatic heterocycles. The largest absolute Gasteiger partial charge is 0.481 e. The molecule has 0 aliphatic rings. The zero-order valence-electron chi connectivity index (χ0n) is 9.27. The van der Waals surface area contributed by atoms with Gasteiger partial charge in [-0.3, -0.25) is 9.59 Å². The third-order valence-electron chi connectivity index (χ3n) is 2.06. The molecule has 1 N–H and O–H groups in total. The van der Waals surface area contributed by atoms with E-state index in [0.717, 1.165) is 5.56 Å². The molecule has 0 fully saturated rings. The van der Waals surface area contributed by atoms with Crippen molar-refractivity contribution in [3.8, 4) is 5.75 Å². The molecule has 0 atom stereocenters. The van der Waals surface area contributed by atoms with Crippen LogP contribution in [0.3, 0.4) is 0 Å². The zero-order chi connectivity index (χ0) is 12.1. The first-order valence-corrected chi connectivity index (χ1v) is 5.02. The summed E-state index contributed by atoms with van der Waals surface area (Å²) in [5.41, 5.74) is 0.890. The Bertz CT molecular complexity index is 396. The van der Waals surface area contributed by atoms with Gasteiger partial charge in [-0.25, -0.2) is 0 Å². The first-order valence-electron chi connectivity index (χ1n) is 5.02. The van der Waals surface area contributed by atoms with Crippen molar-refractivity contribution in [3.63, 3.8) is 0 Å². The number of benzene rings is 1. The van der Waals surface area contributed by atoms with Crippen LogP contribution in [0.5, 0.6) is 5.75 Å². The highest BCUT2D eigenvalue weighted by molar-refractivity contribution is 5.91. The smallest absolute Gasteiger partial charge is 0.322 e. The minimum absolute atomic E-state index is 0.217. The lowest BCUT2D eigenvalue weighted by Gasteiger charge is -2.11. The molecule has 1 aromatic rings. The van der Waals surface area contributed by atoms with Gasteiger partial charge in [0.15, 0.2) is 0 Å². The minimum Gasteiger partial charge on any atom is -0.481 e. The van der Waals surface area contributed by atoms with Crippen molar-refractivity contribution in [1.29, 1.82) is 0 Å². The maximum Gasteiger partial charge on any atom is 0.322 e. The fourth-order valence-corrected chi connectivity index (χ4v) is 1.33. The van der Waals surface area contributed by atoms with Crippen LogP contribution < -0.4 is 4.74 Å². The molecule has 0 bridgehead atoms. The van der Waals surface area contributed by atoms with Gasteiger partial charge in [0.25, 0.3) is 0 Å². The molecule has 4 heteroatoms. The summed E-state index contributed by atoms with van der Waals surface area (Å²) >= 11 is 0. The highest BCUT2D eigenvalue weighted by Gasteiger charge is 2.13. The fourth-order valence-electron chi connectivity index (χ4n) is 1.33. The van der Waals surface area contributed by atoms with Crippen LogP contribution in [0.15, 0.2) is 24.3 Å². The normalized spacial score (nSPS) is 10.2. The average molecular weight is 222 g/mol. The predicted octanol–water partition coefficient (Wildman–Crippen LogP) is 2.19. The number of rotatable bonds is 4. The number of hydrogen-bond acceptors (Lipinski definition) is 3. The summed E-state index contributed by atoms with van der Waals surface area (Å²) < 4.78 is 5.00. The molecule has 4 nitrogen and oxygen atoms in total. The summed E-state index contributed by atoms with van der Waals surface area (Å²) in [7, 11) is 0. The van der Waals surface area contributed by atoms with Gasteiger partial charge in [-0.05, 0) is 17.5 Å². The van der Waals surface area contributed by atoms with Gasteiger partial charge in [-0.2, -0.15) is 0 Å². The van der Waals surface area contributed by atoms with Crippen LogP contribution in [0, 0.1) is 0 Å². The highest BCUT2D eigenvalue weighted by atomic mass is 16.5. The molecule has 86 valence electrons. The van der Waals surface area contributed by atoms with Crippen molar-refractivity contribution < 1.29 is 19.4 Å². The second-order valence-electron chi connectivity index (χ2n) is 3.74. The minimum atomic E-state index is -1.19. The van der Waals surface area contributed by atoms with Crippen molar-refractivity contribution in [2.24, 2.45) is 0 Å². The van der Waals surface area contributed by atoms with Crippen LogP contribution in [0.1, 0.15) is 31.7 Å². The fraction of sp³-hybridized carbons (Fsp3) is 0.333. The number of aliphatic carboxylic acids is 1. The summed E-state index contributed by atoms with van der Waals surface area (Å²) in [6, 6.07) is 7.11. The summed E-state index contributed by atoms with van der Waals surface area (Å²) in [5.74, 6) is -1.29. The zero-order valence-corrected chi connectivity index (χ0v) is 9.27. The highest BCUT2D eigenvalue weighted by Crippen LogP contribution is 2.25. The van der Waals surface area contributed by atoms with E-state index in [1.807, 2.05) is 26.0 Å². The Morgan fingerprint density at radius 2 is 1.94 bits per heavy atom. The van der Waals surface area contributed by atoms with E-state index in [9.17, 15) is 9.59 Å². The molecular weight excluding hydrogens is 208 g/mol. The summed E-state index contributed by atoms with van der Waals surface area (Å²) in [4.78, 5) is 21.5. The number of hydrogen-bond donors (Lipinski definition) is 1. The molecule has 0 amide bonds.